The number of rotatable bonds is 4. The molecule has 0 saturated heterocycles. The lowest BCUT2D eigenvalue weighted by molar-refractivity contribution is -0.123. The van der Waals surface area contributed by atoms with E-state index in [1.165, 1.54) is 12.8 Å². The van der Waals surface area contributed by atoms with E-state index in [2.05, 4.69) is 15.3 Å². The minimum atomic E-state index is -0.0978. The van der Waals surface area contributed by atoms with Crippen molar-refractivity contribution < 1.29 is 9.53 Å². The van der Waals surface area contributed by atoms with Gasteiger partial charge in [-0.1, -0.05) is 12.8 Å². The lowest BCUT2D eigenvalue weighted by atomic mass is 10.2. The molecule has 5 nitrogen and oxygen atoms in total. The Labute approximate surface area is 94.2 Å². The summed E-state index contributed by atoms with van der Waals surface area (Å²) in [5.74, 6) is -0.0978. The molecule has 1 amide bonds. The van der Waals surface area contributed by atoms with E-state index in [1.807, 2.05) is 0 Å². The Bertz CT molecular complexity index is 336. The average Bonchev–Trinajstić information content (AvgIpc) is 2.81. The molecule has 1 N–H and O–H groups in total. The summed E-state index contributed by atoms with van der Waals surface area (Å²) in [5.41, 5.74) is 0. The second-order valence-corrected chi connectivity index (χ2v) is 3.87. The van der Waals surface area contributed by atoms with Crippen LogP contribution in [-0.4, -0.2) is 28.5 Å². The number of carbonyl (C=O) groups excluding carboxylic acids is 1. The molecule has 0 spiro atoms. The highest BCUT2D eigenvalue weighted by Gasteiger charge is 2.17. The van der Waals surface area contributed by atoms with E-state index in [-0.39, 0.29) is 18.5 Å². The van der Waals surface area contributed by atoms with Crippen molar-refractivity contribution in [1.82, 2.24) is 15.3 Å². The Morgan fingerprint density at radius 3 is 2.75 bits per heavy atom. The van der Waals surface area contributed by atoms with Gasteiger partial charge in [0.15, 0.2) is 6.61 Å². The minimum Gasteiger partial charge on any atom is -0.453 e. The van der Waals surface area contributed by atoms with E-state index in [0.29, 0.717) is 6.04 Å². The van der Waals surface area contributed by atoms with Crippen LogP contribution in [0.5, 0.6) is 6.01 Å². The number of nitrogens with zero attached hydrogens (tertiary/aromatic N) is 2. The highest BCUT2D eigenvalue weighted by atomic mass is 16.5. The van der Waals surface area contributed by atoms with Crippen LogP contribution in [0, 0.1) is 0 Å². The smallest absolute Gasteiger partial charge is 0.316 e. The van der Waals surface area contributed by atoms with Crippen molar-refractivity contribution in [2.24, 2.45) is 0 Å². The molecular formula is C11H15N3O2. The van der Waals surface area contributed by atoms with Gasteiger partial charge in [0.25, 0.3) is 5.91 Å². The van der Waals surface area contributed by atoms with E-state index in [9.17, 15) is 4.79 Å². The Balaban J connectivity index is 1.71. The zero-order valence-corrected chi connectivity index (χ0v) is 9.06. The second kappa shape index (κ2) is 5.44. The topological polar surface area (TPSA) is 64.1 Å². The summed E-state index contributed by atoms with van der Waals surface area (Å²) >= 11 is 0. The monoisotopic (exact) mass is 221 g/mol. The first-order chi connectivity index (χ1) is 7.84. The molecule has 16 heavy (non-hydrogen) atoms. The molecule has 1 saturated carbocycles. The first-order valence-electron chi connectivity index (χ1n) is 5.54. The summed E-state index contributed by atoms with van der Waals surface area (Å²) in [7, 11) is 0. The Hall–Kier alpha value is -1.65. The van der Waals surface area contributed by atoms with Gasteiger partial charge in [-0.2, -0.15) is 0 Å². The molecule has 0 aromatic carbocycles. The molecule has 0 bridgehead atoms. The first-order valence-corrected chi connectivity index (χ1v) is 5.54. The van der Waals surface area contributed by atoms with Crippen LogP contribution in [0.2, 0.25) is 0 Å². The van der Waals surface area contributed by atoms with Crippen molar-refractivity contribution in [3.63, 3.8) is 0 Å². The van der Waals surface area contributed by atoms with E-state index in [1.54, 1.807) is 18.5 Å². The Kier molecular flexibility index (Phi) is 3.69. The fourth-order valence-corrected chi connectivity index (χ4v) is 1.83. The predicted molar refractivity (Wildman–Crippen MR) is 57.9 cm³/mol. The zero-order chi connectivity index (χ0) is 11.2. The van der Waals surface area contributed by atoms with Gasteiger partial charge in [-0.05, 0) is 18.9 Å². The Morgan fingerprint density at radius 2 is 2.06 bits per heavy atom. The van der Waals surface area contributed by atoms with E-state index in [0.717, 1.165) is 12.8 Å². The van der Waals surface area contributed by atoms with Gasteiger partial charge in [-0.15, -0.1) is 0 Å². The fraction of sp³-hybridized carbons (Fsp3) is 0.545. The standard InChI is InChI=1S/C11H15N3O2/c15-10(14-9-4-1-2-5-9)8-16-11-12-6-3-7-13-11/h3,6-7,9H,1-2,4-5,8H2,(H,14,15). The molecule has 1 aromatic rings. The highest BCUT2D eigenvalue weighted by molar-refractivity contribution is 5.77. The van der Waals surface area contributed by atoms with Crippen molar-refractivity contribution in [3.8, 4) is 6.01 Å². The molecule has 5 heteroatoms. The molecule has 1 aliphatic carbocycles. The van der Waals surface area contributed by atoms with E-state index >= 15 is 0 Å². The molecule has 86 valence electrons. The van der Waals surface area contributed by atoms with Gasteiger partial charge >= 0.3 is 6.01 Å². The van der Waals surface area contributed by atoms with Crippen LogP contribution in [0.4, 0.5) is 0 Å². The molecule has 1 aromatic heterocycles. The summed E-state index contributed by atoms with van der Waals surface area (Å²) < 4.78 is 5.14. The van der Waals surface area contributed by atoms with Crippen molar-refractivity contribution in [2.45, 2.75) is 31.7 Å². The van der Waals surface area contributed by atoms with Gasteiger partial charge in [0, 0.05) is 18.4 Å². The maximum Gasteiger partial charge on any atom is 0.316 e. The molecule has 1 heterocycles. The van der Waals surface area contributed by atoms with Gasteiger partial charge in [0.2, 0.25) is 0 Å². The third-order valence-corrected chi connectivity index (χ3v) is 2.59. The third kappa shape index (κ3) is 3.18. The highest BCUT2D eigenvalue weighted by Crippen LogP contribution is 2.17. The maximum absolute atomic E-state index is 11.5. The SMILES string of the molecule is O=C(COc1ncccn1)NC1CCCC1. The van der Waals surface area contributed by atoms with Crippen LogP contribution in [0.3, 0.4) is 0 Å². The Morgan fingerprint density at radius 1 is 1.38 bits per heavy atom. The third-order valence-electron chi connectivity index (χ3n) is 2.59. The predicted octanol–water partition coefficient (Wildman–Crippen LogP) is 0.914. The minimum absolute atomic E-state index is 0.0134. The molecule has 0 unspecified atom stereocenters. The second-order valence-electron chi connectivity index (χ2n) is 3.87. The summed E-state index contributed by atoms with van der Waals surface area (Å²) in [4.78, 5) is 19.2. The van der Waals surface area contributed by atoms with Gasteiger partial charge in [-0.25, -0.2) is 9.97 Å². The maximum atomic E-state index is 11.5. The van der Waals surface area contributed by atoms with Crippen molar-refractivity contribution >= 4 is 5.91 Å². The fourth-order valence-electron chi connectivity index (χ4n) is 1.83. The zero-order valence-electron chi connectivity index (χ0n) is 9.06. The molecular weight excluding hydrogens is 206 g/mol. The van der Waals surface area contributed by atoms with Crippen LogP contribution in [0.15, 0.2) is 18.5 Å². The van der Waals surface area contributed by atoms with Gasteiger partial charge in [0.05, 0.1) is 0 Å². The van der Waals surface area contributed by atoms with Crippen LogP contribution in [-0.2, 0) is 4.79 Å². The summed E-state index contributed by atoms with van der Waals surface area (Å²) in [5, 5.41) is 2.93. The number of aromatic nitrogens is 2. The van der Waals surface area contributed by atoms with Crippen molar-refractivity contribution in [3.05, 3.63) is 18.5 Å². The molecule has 0 radical (unpaired) electrons. The first kappa shape index (κ1) is 10.9. The molecule has 0 atom stereocenters. The average molecular weight is 221 g/mol. The summed E-state index contributed by atoms with van der Waals surface area (Å²) in [6, 6.07) is 2.27. The van der Waals surface area contributed by atoms with Crippen LogP contribution >= 0.6 is 0 Å². The number of carbonyl (C=O) groups is 1. The quantitative estimate of drug-likeness (QED) is 0.821. The normalized spacial score (nSPS) is 16.0. The largest absolute Gasteiger partial charge is 0.453 e. The van der Waals surface area contributed by atoms with Gasteiger partial charge in [-0.3, -0.25) is 4.79 Å². The summed E-state index contributed by atoms with van der Waals surface area (Å²) in [6.07, 6.45) is 7.72. The molecule has 1 fully saturated rings. The number of hydrogen-bond acceptors (Lipinski definition) is 4. The van der Waals surface area contributed by atoms with Crippen molar-refractivity contribution in [1.29, 1.82) is 0 Å². The number of amides is 1. The number of ether oxygens (including phenoxy) is 1. The van der Waals surface area contributed by atoms with Crippen LogP contribution in [0.25, 0.3) is 0 Å². The van der Waals surface area contributed by atoms with Gasteiger partial charge in [0.1, 0.15) is 0 Å². The molecule has 0 aliphatic heterocycles. The lowest BCUT2D eigenvalue weighted by Crippen LogP contribution is -2.36. The van der Waals surface area contributed by atoms with Gasteiger partial charge < -0.3 is 10.1 Å². The van der Waals surface area contributed by atoms with E-state index in [4.69, 9.17) is 4.74 Å². The summed E-state index contributed by atoms with van der Waals surface area (Å²) in [6.45, 7) is -0.0134. The lowest BCUT2D eigenvalue weighted by Gasteiger charge is -2.11. The molecule has 1 aliphatic rings. The number of hydrogen-bond donors (Lipinski definition) is 1. The van der Waals surface area contributed by atoms with Crippen molar-refractivity contribution in [2.75, 3.05) is 6.61 Å². The van der Waals surface area contributed by atoms with Crippen LogP contribution < -0.4 is 10.1 Å². The number of nitrogens with one attached hydrogen (secondary N) is 1. The molecule has 2 rings (SSSR count). The van der Waals surface area contributed by atoms with E-state index < -0.39 is 0 Å². The van der Waals surface area contributed by atoms with Crippen LogP contribution in [0.1, 0.15) is 25.7 Å².